The van der Waals surface area contributed by atoms with Gasteiger partial charge in [-0.2, -0.15) is 0 Å². The van der Waals surface area contributed by atoms with Crippen LogP contribution >= 0.6 is 0 Å². The van der Waals surface area contributed by atoms with Gasteiger partial charge in [-0.1, -0.05) is 24.3 Å². The third-order valence-electron chi connectivity index (χ3n) is 3.98. The molecule has 0 aromatic heterocycles. The first kappa shape index (κ1) is 18.0. The number of Topliss-reactive ketones (excluding diaryl/α,β-unsaturated/α-hetero) is 1. The second-order valence-electron chi connectivity index (χ2n) is 5.68. The monoisotopic (exact) mass is 369 g/mol. The predicted molar refractivity (Wildman–Crippen MR) is 96.8 cm³/mol. The summed E-state index contributed by atoms with van der Waals surface area (Å²) in [5.74, 6) is -1.49. The van der Waals surface area contributed by atoms with E-state index in [1.165, 1.54) is 7.11 Å². The standard InChI is InChI=1S/C19H15NO7/c1-26-17-8-11-4-2-3-5-12(11)9-18(17)27-10-16(22)13-6-14(20(24)25)19(23)15(21)7-13/h2-9,21,23H,10H2,1H3. The molecule has 3 rings (SSSR count). The molecule has 0 fully saturated rings. The van der Waals surface area contributed by atoms with Crippen molar-refractivity contribution >= 4 is 22.2 Å². The predicted octanol–water partition coefficient (Wildman–Crippen LogP) is 3.43. The van der Waals surface area contributed by atoms with Crippen molar-refractivity contribution in [3.63, 3.8) is 0 Å². The van der Waals surface area contributed by atoms with E-state index in [4.69, 9.17) is 9.47 Å². The van der Waals surface area contributed by atoms with Crippen LogP contribution in [0.3, 0.4) is 0 Å². The smallest absolute Gasteiger partial charge is 0.315 e. The van der Waals surface area contributed by atoms with E-state index in [1.54, 1.807) is 12.1 Å². The molecular formula is C19H15NO7. The van der Waals surface area contributed by atoms with Gasteiger partial charge in [-0.05, 0) is 29.0 Å². The number of carbonyl (C=O) groups is 1. The second-order valence-corrected chi connectivity index (χ2v) is 5.68. The van der Waals surface area contributed by atoms with Gasteiger partial charge in [-0.3, -0.25) is 14.9 Å². The van der Waals surface area contributed by atoms with E-state index in [0.717, 1.165) is 22.9 Å². The largest absolute Gasteiger partial charge is 0.504 e. The maximum absolute atomic E-state index is 12.3. The van der Waals surface area contributed by atoms with E-state index in [1.807, 2.05) is 24.3 Å². The highest BCUT2D eigenvalue weighted by Gasteiger charge is 2.22. The summed E-state index contributed by atoms with van der Waals surface area (Å²) in [6.45, 7) is -0.434. The molecule has 0 aliphatic carbocycles. The van der Waals surface area contributed by atoms with Crippen LogP contribution in [0, 0.1) is 10.1 Å². The highest BCUT2D eigenvalue weighted by atomic mass is 16.6. The summed E-state index contributed by atoms with van der Waals surface area (Å²) in [7, 11) is 1.47. The molecule has 0 atom stereocenters. The van der Waals surface area contributed by atoms with Crippen LogP contribution in [0.15, 0.2) is 48.5 Å². The molecule has 0 bridgehead atoms. The van der Waals surface area contributed by atoms with Gasteiger partial charge in [0.2, 0.25) is 11.5 Å². The number of nitrogens with zero attached hydrogens (tertiary/aromatic N) is 1. The lowest BCUT2D eigenvalue weighted by molar-refractivity contribution is -0.386. The van der Waals surface area contributed by atoms with E-state index in [-0.39, 0.29) is 5.56 Å². The number of carbonyl (C=O) groups excluding carboxylic acids is 1. The third kappa shape index (κ3) is 3.59. The topological polar surface area (TPSA) is 119 Å². The zero-order valence-corrected chi connectivity index (χ0v) is 14.2. The lowest BCUT2D eigenvalue weighted by Crippen LogP contribution is -2.12. The number of benzene rings is 3. The fourth-order valence-electron chi connectivity index (χ4n) is 2.60. The minimum absolute atomic E-state index is 0.156. The van der Waals surface area contributed by atoms with Crippen LogP contribution in [0.1, 0.15) is 10.4 Å². The number of ketones is 1. The Balaban J connectivity index is 1.86. The van der Waals surface area contributed by atoms with Crippen molar-refractivity contribution in [2.75, 3.05) is 13.7 Å². The molecule has 3 aromatic rings. The zero-order valence-electron chi connectivity index (χ0n) is 14.2. The lowest BCUT2D eigenvalue weighted by Gasteiger charge is -2.12. The van der Waals surface area contributed by atoms with Gasteiger partial charge in [0.1, 0.15) is 0 Å². The van der Waals surface area contributed by atoms with Gasteiger partial charge in [0, 0.05) is 11.6 Å². The molecule has 0 heterocycles. The average Bonchev–Trinajstić information content (AvgIpc) is 2.66. The van der Waals surface area contributed by atoms with Crippen LogP contribution < -0.4 is 9.47 Å². The Bertz CT molecular complexity index is 1050. The number of nitro benzene ring substituents is 1. The lowest BCUT2D eigenvalue weighted by atomic mass is 10.1. The number of aromatic hydroxyl groups is 2. The van der Waals surface area contributed by atoms with Crippen molar-refractivity contribution in [2.24, 2.45) is 0 Å². The molecule has 2 N–H and O–H groups in total. The molecule has 138 valence electrons. The fourth-order valence-corrected chi connectivity index (χ4v) is 2.60. The first-order valence-electron chi connectivity index (χ1n) is 7.84. The molecule has 27 heavy (non-hydrogen) atoms. The van der Waals surface area contributed by atoms with Crippen molar-refractivity contribution in [2.45, 2.75) is 0 Å². The van der Waals surface area contributed by atoms with E-state index in [9.17, 15) is 25.1 Å². The Morgan fingerprint density at radius 1 is 1.07 bits per heavy atom. The van der Waals surface area contributed by atoms with Gasteiger partial charge in [-0.25, -0.2) is 0 Å². The highest BCUT2D eigenvalue weighted by molar-refractivity contribution is 5.99. The molecular weight excluding hydrogens is 354 g/mol. The molecule has 0 unspecified atom stereocenters. The molecule has 0 aliphatic rings. The van der Waals surface area contributed by atoms with Crippen LogP contribution in [0.2, 0.25) is 0 Å². The summed E-state index contributed by atoms with van der Waals surface area (Å²) in [5.41, 5.74) is -0.918. The summed E-state index contributed by atoms with van der Waals surface area (Å²) < 4.78 is 10.8. The molecule has 0 amide bonds. The molecule has 3 aromatic carbocycles. The number of phenolic OH excluding ortho intramolecular Hbond substituents is 2. The summed E-state index contributed by atoms with van der Waals surface area (Å²) in [6.07, 6.45) is 0. The molecule has 0 spiro atoms. The Kier molecular flexibility index (Phi) is 4.80. The quantitative estimate of drug-likeness (QED) is 0.296. The summed E-state index contributed by atoms with van der Waals surface area (Å²) >= 11 is 0. The fraction of sp³-hybridized carbons (Fsp3) is 0.105. The van der Waals surface area contributed by atoms with E-state index >= 15 is 0 Å². The van der Waals surface area contributed by atoms with Crippen molar-refractivity contribution in [3.8, 4) is 23.0 Å². The molecule has 0 aliphatic heterocycles. The van der Waals surface area contributed by atoms with Crippen molar-refractivity contribution < 1.29 is 29.4 Å². The van der Waals surface area contributed by atoms with E-state index < -0.39 is 34.5 Å². The number of phenols is 2. The van der Waals surface area contributed by atoms with E-state index in [0.29, 0.717) is 11.5 Å². The second kappa shape index (κ2) is 7.20. The Labute approximate surface area is 153 Å². The third-order valence-corrected chi connectivity index (χ3v) is 3.98. The van der Waals surface area contributed by atoms with Gasteiger partial charge in [-0.15, -0.1) is 0 Å². The molecule has 8 nitrogen and oxygen atoms in total. The number of hydrogen-bond acceptors (Lipinski definition) is 7. The Morgan fingerprint density at radius 3 is 2.30 bits per heavy atom. The number of methoxy groups -OCH3 is 1. The van der Waals surface area contributed by atoms with E-state index in [2.05, 4.69) is 0 Å². The average molecular weight is 369 g/mol. The van der Waals surface area contributed by atoms with Crippen molar-refractivity contribution in [3.05, 3.63) is 64.2 Å². The number of rotatable bonds is 6. The van der Waals surface area contributed by atoms with Crippen molar-refractivity contribution in [1.82, 2.24) is 0 Å². The summed E-state index contributed by atoms with van der Waals surface area (Å²) in [6, 6.07) is 12.9. The first-order valence-corrected chi connectivity index (χ1v) is 7.84. The Morgan fingerprint density at radius 2 is 1.70 bits per heavy atom. The number of nitro groups is 1. The summed E-state index contributed by atoms with van der Waals surface area (Å²) in [5, 5.41) is 31.8. The number of fused-ring (bicyclic) bond motifs is 1. The molecule has 0 saturated carbocycles. The molecule has 0 radical (unpaired) electrons. The molecule has 0 saturated heterocycles. The van der Waals surface area contributed by atoms with Gasteiger partial charge in [0.15, 0.2) is 23.9 Å². The van der Waals surface area contributed by atoms with Crippen LogP contribution in [-0.2, 0) is 0 Å². The maximum Gasteiger partial charge on any atom is 0.315 e. The Hall–Kier alpha value is -3.81. The van der Waals surface area contributed by atoms with Crippen LogP contribution in [-0.4, -0.2) is 34.6 Å². The maximum atomic E-state index is 12.3. The van der Waals surface area contributed by atoms with Gasteiger partial charge < -0.3 is 19.7 Å². The number of hydrogen-bond donors (Lipinski definition) is 2. The molecule has 8 heteroatoms. The zero-order chi connectivity index (χ0) is 19.6. The van der Waals surface area contributed by atoms with Crippen LogP contribution in [0.4, 0.5) is 5.69 Å². The van der Waals surface area contributed by atoms with Gasteiger partial charge in [0.05, 0.1) is 12.0 Å². The normalized spacial score (nSPS) is 10.6. The van der Waals surface area contributed by atoms with Crippen LogP contribution in [0.25, 0.3) is 10.8 Å². The summed E-state index contributed by atoms with van der Waals surface area (Å²) in [4.78, 5) is 22.4. The van der Waals surface area contributed by atoms with Crippen LogP contribution in [0.5, 0.6) is 23.0 Å². The van der Waals surface area contributed by atoms with Gasteiger partial charge >= 0.3 is 5.69 Å². The minimum atomic E-state index is -0.895. The minimum Gasteiger partial charge on any atom is -0.504 e. The van der Waals surface area contributed by atoms with Gasteiger partial charge in [0.25, 0.3) is 0 Å². The number of ether oxygens (including phenoxy) is 2. The first-order chi connectivity index (χ1) is 12.9. The SMILES string of the molecule is COc1cc2ccccc2cc1OCC(=O)c1cc(O)c(O)c([N+](=O)[O-])c1. The van der Waals surface area contributed by atoms with Crippen molar-refractivity contribution in [1.29, 1.82) is 0 Å². The highest BCUT2D eigenvalue weighted by Crippen LogP contribution is 2.36.